The highest BCUT2D eigenvalue weighted by molar-refractivity contribution is 5.96. The standard InChI is InChI=1S/C21H24N4O5/c1-12-18(15(4)30-24-12)10-28-17-8-6-16(7-9-17)21(27)29-11-19(26)22-20-13(2)23-25(5)14(20)3/h6-9H,10-11H2,1-5H3,(H,22,26). The van der Waals surface area contributed by atoms with Crippen molar-refractivity contribution >= 4 is 17.6 Å². The quantitative estimate of drug-likeness (QED) is 0.594. The highest BCUT2D eigenvalue weighted by atomic mass is 16.5. The van der Waals surface area contributed by atoms with Crippen molar-refractivity contribution in [3.63, 3.8) is 0 Å². The number of hydrogen-bond donors (Lipinski definition) is 1. The number of aromatic nitrogens is 3. The molecule has 3 rings (SSSR count). The lowest BCUT2D eigenvalue weighted by atomic mass is 10.2. The molecule has 3 aromatic rings. The van der Waals surface area contributed by atoms with Gasteiger partial charge in [0.2, 0.25) is 0 Å². The van der Waals surface area contributed by atoms with Crippen LogP contribution in [0.3, 0.4) is 0 Å². The normalized spacial score (nSPS) is 10.7. The first kappa shape index (κ1) is 21.1. The zero-order valence-corrected chi connectivity index (χ0v) is 17.6. The van der Waals surface area contributed by atoms with Crippen molar-refractivity contribution in [2.75, 3.05) is 11.9 Å². The van der Waals surface area contributed by atoms with E-state index in [0.29, 0.717) is 35.1 Å². The summed E-state index contributed by atoms with van der Waals surface area (Å²) in [5.74, 6) is 0.276. The third-order valence-corrected chi connectivity index (χ3v) is 4.76. The summed E-state index contributed by atoms with van der Waals surface area (Å²) in [5.41, 5.74) is 4.13. The average molecular weight is 412 g/mol. The van der Waals surface area contributed by atoms with Crippen LogP contribution in [0.15, 0.2) is 28.8 Å². The van der Waals surface area contributed by atoms with Gasteiger partial charge in [-0.25, -0.2) is 4.79 Å². The number of carbonyl (C=O) groups excluding carboxylic acids is 2. The Kier molecular flexibility index (Phi) is 6.20. The Morgan fingerprint density at radius 3 is 2.37 bits per heavy atom. The molecule has 9 nitrogen and oxygen atoms in total. The second-order valence-electron chi connectivity index (χ2n) is 6.91. The van der Waals surface area contributed by atoms with Gasteiger partial charge in [0, 0.05) is 7.05 Å². The van der Waals surface area contributed by atoms with Crippen LogP contribution in [0.25, 0.3) is 0 Å². The van der Waals surface area contributed by atoms with Crippen LogP contribution >= 0.6 is 0 Å². The molecule has 1 amide bonds. The SMILES string of the molecule is Cc1noc(C)c1COc1ccc(C(=O)OCC(=O)Nc2c(C)nn(C)c2C)cc1. The van der Waals surface area contributed by atoms with Gasteiger partial charge < -0.3 is 19.3 Å². The van der Waals surface area contributed by atoms with Crippen LogP contribution < -0.4 is 10.1 Å². The third-order valence-electron chi connectivity index (χ3n) is 4.76. The predicted molar refractivity (Wildman–Crippen MR) is 108 cm³/mol. The molecule has 1 aromatic carbocycles. The van der Waals surface area contributed by atoms with E-state index in [1.807, 2.05) is 20.8 Å². The Morgan fingerprint density at radius 1 is 1.10 bits per heavy atom. The van der Waals surface area contributed by atoms with Crippen molar-refractivity contribution in [1.82, 2.24) is 14.9 Å². The number of ether oxygens (including phenoxy) is 2. The number of aryl methyl sites for hydroxylation is 4. The van der Waals surface area contributed by atoms with E-state index < -0.39 is 18.5 Å². The van der Waals surface area contributed by atoms with Crippen molar-refractivity contribution in [3.05, 3.63) is 58.2 Å². The second-order valence-corrected chi connectivity index (χ2v) is 6.91. The number of nitrogens with one attached hydrogen (secondary N) is 1. The van der Waals surface area contributed by atoms with Crippen LogP contribution in [0.2, 0.25) is 0 Å². The number of esters is 1. The number of carbonyl (C=O) groups is 2. The van der Waals surface area contributed by atoms with E-state index in [1.54, 1.807) is 42.9 Å². The molecule has 0 aliphatic heterocycles. The summed E-state index contributed by atoms with van der Waals surface area (Å²) in [7, 11) is 1.79. The van der Waals surface area contributed by atoms with Gasteiger partial charge in [0.05, 0.1) is 33.9 Å². The van der Waals surface area contributed by atoms with E-state index in [2.05, 4.69) is 15.6 Å². The number of hydrogen-bond acceptors (Lipinski definition) is 7. The van der Waals surface area contributed by atoms with E-state index in [0.717, 1.165) is 17.0 Å². The van der Waals surface area contributed by atoms with Gasteiger partial charge in [-0.1, -0.05) is 5.16 Å². The maximum absolute atomic E-state index is 12.2. The molecule has 0 fully saturated rings. The Bertz CT molecular complexity index is 1050. The smallest absolute Gasteiger partial charge is 0.338 e. The molecule has 9 heteroatoms. The molecule has 0 atom stereocenters. The van der Waals surface area contributed by atoms with Crippen molar-refractivity contribution < 1.29 is 23.6 Å². The first-order valence-electron chi connectivity index (χ1n) is 9.38. The number of amides is 1. The summed E-state index contributed by atoms with van der Waals surface area (Å²) in [6.45, 7) is 7.24. The van der Waals surface area contributed by atoms with Crippen molar-refractivity contribution in [1.29, 1.82) is 0 Å². The van der Waals surface area contributed by atoms with Crippen LogP contribution in [0.5, 0.6) is 5.75 Å². The minimum atomic E-state index is -0.595. The zero-order chi connectivity index (χ0) is 21.8. The van der Waals surface area contributed by atoms with E-state index in [-0.39, 0.29) is 0 Å². The lowest BCUT2D eigenvalue weighted by Crippen LogP contribution is -2.21. The predicted octanol–water partition coefficient (Wildman–Crippen LogP) is 3.02. The molecule has 0 saturated heterocycles. The van der Waals surface area contributed by atoms with Crippen LogP contribution in [0.4, 0.5) is 5.69 Å². The minimum Gasteiger partial charge on any atom is -0.489 e. The fourth-order valence-corrected chi connectivity index (χ4v) is 2.90. The maximum Gasteiger partial charge on any atom is 0.338 e. The molecular formula is C21H24N4O5. The summed E-state index contributed by atoms with van der Waals surface area (Å²) in [6.07, 6.45) is 0. The van der Waals surface area contributed by atoms with E-state index in [1.165, 1.54) is 0 Å². The van der Waals surface area contributed by atoms with Gasteiger partial charge in [0.25, 0.3) is 5.91 Å². The molecule has 30 heavy (non-hydrogen) atoms. The van der Waals surface area contributed by atoms with Gasteiger partial charge in [-0.2, -0.15) is 5.10 Å². The molecule has 0 bridgehead atoms. The van der Waals surface area contributed by atoms with E-state index in [4.69, 9.17) is 14.0 Å². The molecule has 2 heterocycles. The molecule has 2 aromatic heterocycles. The first-order valence-corrected chi connectivity index (χ1v) is 9.38. The molecule has 158 valence electrons. The highest BCUT2D eigenvalue weighted by Crippen LogP contribution is 2.19. The van der Waals surface area contributed by atoms with Gasteiger partial charge in [0.1, 0.15) is 18.1 Å². The van der Waals surface area contributed by atoms with Gasteiger partial charge in [-0.05, 0) is 52.0 Å². The van der Waals surface area contributed by atoms with Gasteiger partial charge >= 0.3 is 5.97 Å². The number of benzene rings is 1. The Hall–Kier alpha value is -3.62. The molecule has 0 aliphatic carbocycles. The minimum absolute atomic E-state index is 0.318. The fourth-order valence-electron chi connectivity index (χ4n) is 2.90. The highest BCUT2D eigenvalue weighted by Gasteiger charge is 2.15. The molecular weight excluding hydrogens is 388 g/mol. The lowest BCUT2D eigenvalue weighted by molar-refractivity contribution is -0.119. The molecule has 0 unspecified atom stereocenters. The van der Waals surface area contributed by atoms with Gasteiger partial charge in [0.15, 0.2) is 6.61 Å². The largest absolute Gasteiger partial charge is 0.489 e. The molecule has 0 spiro atoms. The van der Waals surface area contributed by atoms with E-state index in [9.17, 15) is 9.59 Å². The first-order chi connectivity index (χ1) is 14.3. The Labute approximate surface area is 174 Å². The monoisotopic (exact) mass is 412 g/mol. The zero-order valence-electron chi connectivity index (χ0n) is 17.6. The van der Waals surface area contributed by atoms with Crippen LogP contribution in [-0.2, 0) is 23.2 Å². The molecule has 0 radical (unpaired) electrons. The summed E-state index contributed by atoms with van der Waals surface area (Å²) in [4.78, 5) is 24.3. The van der Waals surface area contributed by atoms with Crippen LogP contribution in [0.1, 0.15) is 38.8 Å². The Balaban J connectivity index is 1.51. The third kappa shape index (κ3) is 4.68. The van der Waals surface area contributed by atoms with Crippen molar-refractivity contribution in [3.8, 4) is 5.75 Å². The van der Waals surface area contributed by atoms with Crippen LogP contribution in [0, 0.1) is 27.7 Å². The summed E-state index contributed by atoms with van der Waals surface area (Å²) in [6, 6.07) is 6.49. The molecule has 0 aliphatic rings. The van der Waals surface area contributed by atoms with Crippen molar-refractivity contribution in [2.24, 2.45) is 7.05 Å². The summed E-state index contributed by atoms with van der Waals surface area (Å²) < 4.78 is 17.6. The second kappa shape index (κ2) is 8.81. The fraction of sp³-hybridized carbons (Fsp3) is 0.333. The van der Waals surface area contributed by atoms with Gasteiger partial charge in [-0.3, -0.25) is 9.48 Å². The average Bonchev–Trinajstić information content (AvgIpc) is 3.17. The Morgan fingerprint density at radius 2 is 1.80 bits per heavy atom. The maximum atomic E-state index is 12.2. The molecule has 1 N–H and O–H groups in total. The van der Waals surface area contributed by atoms with Crippen LogP contribution in [-0.4, -0.2) is 33.4 Å². The number of anilines is 1. The number of nitrogens with zero attached hydrogens (tertiary/aromatic N) is 3. The molecule has 0 saturated carbocycles. The number of rotatable bonds is 7. The van der Waals surface area contributed by atoms with Crippen molar-refractivity contribution in [2.45, 2.75) is 34.3 Å². The topological polar surface area (TPSA) is 108 Å². The lowest BCUT2D eigenvalue weighted by Gasteiger charge is -2.08. The van der Waals surface area contributed by atoms with E-state index >= 15 is 0 Å². The summed E-state index contributed by atoms with van der Waals surface area (Å²) in [5, 5.41) is 10.8. The van der Waals surface area contributed by atoms with Gasteiger partial charge in [-0.15, -0.1) is 0 Å². The summed E-state index contributed by atoms with van der Waals surface area (Å²) >= 11 is 0.